The Morgan fingerprint density at radius 2 is 2.28 bits per heavy atom. The largest absolute Gasteiger partial charge is 0.461 e. The van der Waals surface area contributed by atoms with Crippen molar-refractivity contribution in [2.24, 2.45) is 5.92 Å². The molecular formula is C15H18FNO. The summed E-state index contributed by atoms with van der Waals surface area (Å²) in [5.41, 5.74) is 1.87. The zero-order valence-corrected chi connectivity index (χ0v) is 10.6. The third-order valence-corrected chi connectivity index (χ3v) is 3.71. The Kier molecular flexibility index (Phi) is 3.08. The molecule has 0 saturated heterocycles. The van der Waals surface area contributed by atoms with Crippen molar-refractivity contribution in [1.82, 2.24) is 5.32 Å². The molecule has 1 aromatic heterocycles. The summed E-state index contributed by atoms with van der Waals surface area (Å²) < 4.78 is 18.5. The van der Waals surface area contributed by atoms with Gasteiger partial charge in [-0.15, -0.1) is 0 Å². The van der Waals surface area contributed by atoms with Crippen molar-refractivity contribution in [3.05, 3.63) is 35.8 Å². The minimum absolute atomic E-state index is 0.276. The SMILES string of the molecule is CCNC(Cc1ccc2c(F)coc2c1)C1CC1. The molecule has 1 fully saturated rings. The molecular weight excluding hydrogens is 229 g/mol. The van der Waals surface area contributed by atoms with Gasteiger partial charge in [0, 0.05) is 6.04 Å². The quantitative estimate of drug-likeness (QED) is 0.874. The molecule has 96 valence electrons. The van der Waals surface area contributed by atoms with E-state index in [0.717, 1.165) is 18.9 Å². The third kappa shape index (κ3) is 2.27. The molecule has 0 amide bonds. The highest BCUT2D eigenvalue weighted by atomic mass is 19.1. The molecule has 1 N–H and O–H groups in total. The zero-order valence-electron chi connectivity index (χ0n) is 10.6. The van der Waals surface area contributed by atoms with Gasteiger partial charge in [0.2, 0.25) is 0 Å². The maximum atomic E-state index is 13.3. The van der Waals surface area contributed by atoms with Gasteiger partial charge in [-0.1, -0.05) is 13.0 Å². The molecule has 1 heterocycles. The minimum Gasteiger partial charge on any atom is -0.461 e. The van der Waals surface area contributed by atoms with Crippen LogP contribution in [0.1, 0.15) is 25.3 Å². The molecule has 3 rings (SSSR count). The Hall–Kier alpha value is -1.35. The monoisotopic (exact) mass is 247 g/mol. The summed E-state index contributed by atoms with van der Waals surface area (Å²) in [5.74, 6) is 0.538. The van der Waals surface area contributed by atoms with Crippen LogP contribution in [-0.4, -0.2) is 12.6 Å². The van der Waals surface area contributed by atoms with E-state index in [0.29, 0.717) is 17.0 Å². The molecule has 2 nitrogen and oxygen atoms in total. The Morgan fingerprint density at radius 1 is 1.44 bits per heavy atom. The predicted octanol–water partition coefficient (Wildman–Crippen LogP) is 3.50. The second-order valence-corrected chi connectivity index (χ2v) is 5.12. The number of hydrogen-bond acceptors (Lipinski definition) is 2. The Morgan fingerprint density at radius 3 is 3.00 bits per heavy atom. The van der Waals surface area contributed by atoms with E-state index in [-0.39, 0.29) is 5.82 Å². The standard InChI is InChI=1S/C15H18FNO/c1-2-17-14(11-4-5-11)7-10-3-6-12-13(16)9-18-15(12)8-10/h3,6,8-9,11,14,17H,2,4-5,7H2,1H3. The van der Waals surface area contributed by atoms with E-state index in [9.17, 15) is 4.39 Å². The van der Waals surface area contributed by atoms with Gasteiger partial charge < -0.3 is 9.73 Å². The number of rotatable bonds is 5. The van der Waals surface area contributed by atoms with Crippen LogP contribution in [0.2, 0.25) is 0 Å². The fourth-order valence-electron chi connectivity index (χ4n) is 2.59. The molecule has 2 aromatic rings. The van der Waals surface area contributed by atoms with Crippen LogP contribution in [0.25, 0.3) is 11.0 Å². The second-order valence-electron chi connectivity index (χ2n) is 5.12. The van der Waals surface area contributed by atoms with Crippen LogP contribution in [0, 0.1) is 11.7 Å². The molecule has 1 aliphatic rings. The van der Waals surface area contributed by atoms with Gasteiger partial charge >= 0.3 is 0 Å². The first-order valence-electron chi connectivity index (χ1n) is 6.67. The minimum atomic E-state index is -0.276. The molecule has 3 heteroatoms. The number of hydrogen-bond donors (Lipinski definition) is 1. The lowest BCUT2D eigenvalue weighted by molar-refractivity contribution is 0.472. The summed E-state index contributed by atoms with van der Waals surface area (Å²) in [5, 5.41) is 4.12. The van der Waals surface area contributed by atoms with Crippen LogP contribution >= 0.6 is 0 Å². The summed E-state index contributed by atoms with van der Waals surface area (Å²) in [7, 11) is 0. The van der Waals surface area contributed by atoms with Gasteiger partial charge in [-0.25, -0.2) is 4.39 Å². The second kappa shape index (κ2) is 4.73. The van der Waals surface area contributed by atoms with E-state index in [2.05, 4.69) is 12.2 Å². The van der Waals surface area contributed by atoms with Gasteiger partial charge in [0.25, 0.3) is 0 Å². The predicted molar refractivity (Wildman–Crippen MR) is 70.1 cm³/mol. The van der Waals surface area contributed by atoms with Crippen molar-refractivity contribution in [2.45, 2.75) is 32.2 Å². The molecule has 1 aliphatic carbocycles. The smallest absolute Gasteiger partial charge is 0.169 e. The van der Waals surface area contributed by atoms with Gasteiger partial charge in [-0.2, -0.15) is 0 Å². The molecule has 1 aromatic carbocycles. The number of furan rings is 1. The van der Waals surface area contributed by atoms with Gasteiger partial charge in [0.05, 0.1) is 5.39 Å². The number of halogens is 1. The van der Waals surface area contributed by atoms with Crippen molar-refractivity contribution in [3.63, 3.8) is 0 Å². The fourth-order valence-corrected chi connectivity index (χ4v) is 2.59. The van der Waals surface area contributed by atoms with E-state index in [4.69, 9.17) is 4.42 Å². The van der Waals surface area contributed by atoms with Crippen molar-refractivity contribution in [3.8, 4) is 0 Å². The van der Waals surface area contributed by atoms with Crippen LogP contribution in [-0.2, 0) is 6.42 Å². The number of nitrogens with one attached hydrogen (secondary N) is 1. The average molecular weight is 247 g/mol. The zero-order chi connectivity index (χ0) is 12.5. The fraction of sp³-hybridized carbons (Fsp3) is 0.467. The van der Waals surface area contributed by atoms with Crippen molar-refractivity contribution < 1.29 is 8.81 Å². The molecule has 0 radical (unpaired) electrons. The summed E-state index contributed by atoms with van der Waals surface area (Å²) in [6.07, 6.45) is 4.83. The van der Waals surface area contributed by atoms with Crippen LogP contribution in [0.15, 0.2) is 28.9 Å². The molecule has 1 unspecified atom stereocenters. The summed E-state index contributed by atoms with van der Waals surface area (Å²) in [4.78, 5) is 0. The Labute approximate surface area is 106 Å². The lowest BCUT2D eigenvalue weighted by Crippen LogP contribution is -2.32. The first-order chi connectivity index (χ1) is 8.78. The van der Waals surface area contributed by atoms with Crippen molar-refractivity contribution in [1.29, 1.82) is 0 Å². The normalized spacial score (nSPS) is 17.2. The molecule has 18 heavy (non-hydrogen) atoms. The first-order valence-corrected chi connectivity index (χ1v) is 6.67. The lowest BCUT2D eigenvalue weighted by atomic mass is 10.0. The maximum absolute atomic E-state index is 13.3. The Bertz CT molecular complexity index is 544. The van der Waals surface area contributed by atoms with E-state index < -0.39 is 0 Å². The topological polar surface area (TPSA) is 25.2 Å². The van der Waals surface area contributed by atoms with Crippen LogP contribution in [0.5, 0.6) is 0 Å². The summed E-state index contributed by atoms with van der Waals surface area (Å²) >= 11 is 0. The highest BCUT2D eigenvalue weighted by Gasteiger charge is 2.30. The van der Waals surface area contributed by atoms with Crippen molar-refractivity contribution in [2.75, 3.05) is 6.54 Å². The number of benzene rings is 1. The van der Waals surface area contributed by atoms with Crippen molar-refractivity contribution >= 4 is 11.0 Å². The average Bonchev–Trinajstić information content (AvgIpc) is 3.15. The van der Waals surface area contributed by atoms with Gasteiger partial charge in [-0.3, -0.25) is 0 Å². The Balaban J connectivity index is 1.80. The molecule has 1 saturated carbocycles. The molecule has 0 spiro atoms. The summed E-state index contributed by atoms with van der Waals surface area (Å²) in [6.45, 7) is 3.14. The highest BCUT2D eigenvalue weighted by Crippen LogP contribution is 2.34. The first kappa shape index (κ1) is 11.7. The van der Waals surface area contributed by atoms with Crippen LogP contribution < -0.4 is 5.32 Å². The summed E-state index contributed by atoms with van der Waals surface area (Å²) in [6, 6.07) is 6.34. The molecule has 0 aliphatic heterocycles. The van der Waals surface area contributed by atoms with Gasteiger partial charge in [0.15, 0.2) is 5.82 Å². The van der Waals surface area contributed by atoms with Crippen LogP contribution in [0.4, 0.5) is 4.39 Å². The van der Waals surface area contributed by atoms with Crippen LogP contribution in [0.3, 0.4) is 0 Å². The number of likely N-dealkylation sites (N-methyl/N-ethyl adjacent to an activating group) is 1. The molecule has 1 atom stereocenters. The maximum Gasteiger partial charge on any atom is 0.169 e. The van der Waals surface area contributed by atoms with E-state index in [1.54, 1.807) is 0 Å². The van der Waals surface area contributed by atoms with E-state index in [1.807, 2.05) is 18.2 Å². The van der Waals surface area contributed by atoms with E-state index >= 15 is 0 Å². The lowest BCUT2D eigenvalue weighted by Gasteiger charge is -2.17. The van der Waals surface area contributed by atoms with Gasteiger partial charge in [-0.05, 0) is 49.4 Å². The highest BCUT2D eigenvalue weighted by molar-refractivity contribution is 5.78. The van der Waals surface area contributed by atoms with E-state index in [1.165, 1.54) is 24.7 Å². The number of fused-ring (bicyclic) bond motifs is 1. The van der Waals surface area contributed by atoms with Gasteiger partial charge in [0.1, 0.15) is 11.8 Å². The third-order valence-electron chi connectivity index (χ3n) is 3.71. The molecule has 0 bridgehead atoms.